The lowest BCUT2D eigenvalue weighted by molar-refractivity contribution is -0.141. The predicted molar refractivity (Wildman–Crippen MR) is 170 cm³/mol. The number of carbonyl (C=O) groups is 2. The molecular formula is C34H39BN4O4. The summed E-state index contributed by atoms with van der Waals surface area (Å²) < 4.78 is 7.77. The normalized spacial score (nSPS) is 22.1. The molecule has 4 heterocycles. The Morgan fingerprint density at radius 2 is 1.95 bits per heavy atom. The fourth-order valence-corrected chi connectivity index (χ4v) is 8.07. The molecule has 43 heavy (non-hydrogen) atoms. The molecule has 0 saturated carbocycles. The van der Waals surface area contributed by atoms with Crippen molar-refractivity contribution in [2.24, 2.45) is 0 Å². The zero-order chi connectivity index (χ0) is 30.2. The molecule has 1 fully saturated rings. The fourth-order valence-electron chi connectivity index (χ4n) is 8.07. The van der Waals surface area contributed by atoms with Crippen molar-refractivity contribution in [1.82, 2.24) is 19.8 Å². The Kier molecular flexibility index (Phi) is 6.84. The summed E-state index contributed by atoms with van der Waals surface area (Å²) in [6.45, 7) is 11.6. The number of aryl methyl sites for hydroxylation is 1. The Hall–Kier alpha value is -3.72. The topological polar surface area (TPSA) is 93.5 Å². The molecule has 8 nitrogen and oxygen atoms in total. The van der Waals surface area contributed by atoms with Crippen LogP contribution in [0.25, 0.3) is 22.3 Å². The molecule has 4 aliphatic rings. The van der Waals surface area contributed by atoms with E-state index in [4.69, 9.17) is 9.72 Å². The number of likely N-dealkylation sites (tertiary alicyclic amines) is 1. The van der Waals surface area contributed by atoms with Crippen LogP contribution in [-0.2, 0) is 33.7 Å². The molecule has 0 spiro atoms. The van der Waals surface area contributed by atoms with E-state index in [9.17, 15) is 14.4 Å². The van der Waals surface area contributed by atoms with E-state index in [2.05, 4.69) is 45.7 Å². The quantitative estimate of drug-likeness (QED) is 0.216. The summed E-state index contributed by atoms with van der Waals surface area (Å²) in [6, 6.07) is 4.26. The molecule has 0 radical (unpaired) electrons. The summed E-state index contributed by atoms with van der Waals surface area (Å²) in [5.74, 6) is 0.0579. The second-order valence-corrected chi connectivity index (χ2v) is 12.6. The summed E-state index contributed by atoms with van der Waals surface area (Å²) in [4.78, 5) is 46.7. The van der Waals surface area contributed by atoms with E-state index in [1.165, 1.54) is 22.2 Å². The van der Waals surface area contributed by atoms with E-state index in [1.807, 2.05) is 9.47 Å². The fraction of sp³-hybridized carbons (Fsp3) is 0.471. The van der Waals surface area contributed by atoms with Gasteiger partial charge in [0.1, 0.15) is 20.7 Å². The number of nitrogens with zero attached hydrogens (tertiary/aromatic N) is 3. The van der Waals surface area contributed by atoms with Gasteiger partial charge < -0.3 is 19.5 Å². The number of carbonyl (C=O) groups excluding carboxylic acids is 2. The third-order valence-corrected chi connectivity index (χ3v) is 10.5. The Balaban J connectivity index is 1.35. The van der Waals surface area contributed by atoms with Gasteiger partial charge in [0, 0.05) is 41.8 Å². The largest absolute Gasteiger partial charge is 0.348 e. The van der Waals surface area contributed by atoms with Crippen molar-refractivity contribution >= 4 is 36.0 Å². The smallest absolute Gasteiger partial charge is 0.254 e. The summed E-state index contributed by atoms with van der Waals surface area (Å²) in [5.41, 5.74) is 12.0. The van der Waals surface area contributed by atoms with Crippen LogP contribution in [-0.4, -0.2) is 53.5 Å². The van der Waals surface area contributed by atoms with E-state index in [1.54, 1.807) is 6.92 Å². The van der Waals surface area contributed by atoms with Crippen molar-refractivity contribution in [3.05, 3.63) is 68.0 Å². The highest BCUT2D eigenvalue weighted by Crippen LogP contribution is 2.47. The van der Waals surface area contributed by atoms with Gasteiger partial charge in [0.25, 0.3) is 11.5 Å². The van der Waals surface area contributed by atoms with Gasteiger partial charge in [-0.05, 0) is 67.9 Å². The van der Waals surface area contributed by atoms with E-state index < -0.39 is 6.10 Å². The van der Waals surface area contributed by atoms with Gasteiger partial charge >= 0.3 is 0 Å². The second kappa shape index (κ2) is 10.5. The molecule has 1 saturated heterocycles. The number of pyridine rings is 2. The standard InChI is InChI=1S/C34H39BN4O4/c1-5-19-17(3)7-8-21-22(19)13-27-32-23(15-39(27)33(21)41)31-26(10-9-20-18(4)24(35)14-25(37-32)30(20)31)38-12-11-28(34(38)42)43-16-36-29(40)6-2/h13-14,19,26,28H,3,5-12,15-16,35H2,1-2,4H3,(H,36,40). The lowest BCUT2D eigenvalue weighted by Crippen LogP contribution is -2.38. The van der Waals surface area contributed by atoms with Crippen LogP contribution in [0.4, 0.5) is 0 Å². The van der Waals surface area contributed by atoms with Gasteiger partial charge in [0.2, 0.25) is 5.91 Å². The van der Waals surface area contributed by atoms with Gasteiger partial charge in [-0.15, -0.1) is 0 Å². The lowest BCUT2D eigenvalue weighted by atomic mass is 9.77. The molecule has 2 aliphatic heterocycles. The first-order valence-corrected chi connectivity index (χ1v) is 15.8. The third-order valence-electron chi connectivity index (χ3n) is 10.5. The Morgan fingerprint density at radius 1 is 1.14 bits per heavy atom. The number of aromatic nitrogens is 2. The second-order valence-electron chi connectivity index (χ2n) is 12.6. The number of rotatable bonds is 6. The number of ether oxygens (including phenoxy) is 1. The number of fused-ring (bicyclic) bond motifs is 5. The van der Waals surface area contributed by atoms with Crippen LogP contribution in [0.3, 0.4) is 0 Å². The molecule has 2 amide bonds. The van der Waals surface area contributed by atoms with Crippen molar-refractivity contribution in [2.45, 2.75) is 90.3 Å². The number of benzene rings is 1. The van der Waals surface area contributed by atoms with Gasteiger partial charge in [0.05, 0.1) is 29.5 Å². The maximum absolute atomic E-state index is 14.0. The molecule has 1 N–H and O–H groups in total. The molecular weight excluding hydrogens is 539 g/mol. The summed E-state index contributed by atoms with van der Waals surface area (Å²) in [6.07, 6.45) is 4.57. The van der Waals surface area contributed by atoms with Crippen molar-refractivity contribution in [2.75, 3.05) is 13.3 Å². The number of nitrogens with one attached hydrogen (secondary N) is 1. The number of hydrogen-bond donors (Lipinski definition) is 1. The number of hydrogen-bond acceptors (Lipinski definition) is 5. The highest BCUT2D eigenvalue weighted by atomic mass is 16.5. The molecule has 3 atom stereocenters. The zero-order valence-electron chi connectivity index (χ0n) is 25.6. The monoisotopic (exact) mass is 578 g/mol. The van der Waals surface area contributed by atoms with Crippen LogP contribution in [0.15, 0.2) is 29.1 Å². The Bertz CT molecular complexity index is 1790. The molecule has 3 unspecified atom stereocenters. The van der Waals surface area contributed by atoms with Crippen molar-refractivity contribution < 1.29 is 14.3 Å². The van der Waals surface area contributed by atoms with Crippen molar-refractivity contribution in [3.8, 4) is 11.4 Å². The van der Waals surface area contributed by atoms with Crippen LogP contribution in [0.2, 0.25) is 0 Å². The SMILES string of the molecule is Bc1cc2nc3c(c4c2c(c1C)CCC4N1CCC(OCNC(=O)CC)C1=O)Cn1c-3cc2c(c1=O)CCC(=C)C2CC. The van der Waals surface area contributed by atoms with Gasteiger partial charge in [0.15, 0.2) is 0 Å². The number of allylic oxidation sites excluding steroid dienone is 1. The zero-order valence-corrected chi connectivity index (χ0v) is 25.6. The van der Waals surface area contributed by atoms with Crippen LogP contribution in [0, 0.1) is 6.92 Å². The van der Waals surface area contributed by atoms with E-state index in [-0.39, 0.29) is 36.1 Å². The Labute approximate surface area is 252 Å². The molecule has 1 aromatic carbocycles. The van der Waals surface area contributed by atoms with Gasteiger partial charge in [-0.2, -0.15) is 0 Å². The van der Waals surface area contributed by atoms with E-state index >= 15 is 0 Å². The minimum atomic E-state index is -0.575. The van der Waals surface area contributed by atoms with Crippen LogP contribution in [0.1, 0.15) is 91.3 Å². The minimum absolute atomic E-state index is 0.0332. The maximum Gasteiger partial charge on any atom is 0.254 e. The number of amides is 2. The minimum Gasteiger partial charge on any atom is -0.348 e. The van der Waals surface area contributed by atoms with Crippen LogP contribution >= 0.6 is 0 Å². The summed E-state index contributed by atoms with van der Waals surface area (Å²) in [5, 5.41) is 3.87. The first-order valence-electron chi connectivity index (χ1n) is 15.8. The van der Waals surface area contributed by atoms with Crippen LogP contribution < -0.4 is 16.3 Å². The summed E-state index contributed by atoms with van der Waals surface area (Å²) >= 11 is 0. The van der Waals surface area contributed by atoms with E-state index in [0.29, 0.717) is 25.9 Å². The lowest BCUT2D eigenvalue weighted by Gasteiger charge is -2.35. The van der Waals surface area contributed by atoms with Crippen LogP contribution in [0.5, 0.6) is 0 Å². The molecule has 7 rings (SSSR count). The molecule has 2 aromatic heterocycles. The first-order chi connectivity index (χ1) is 20.7. The van der Waals surface area contributed by atoms with Gasteiger partial charge in [-0.1, -0.05) is 37.0 Å². The third kappa shape index (κ3) is 4.22. The molecule has 9 heteroatoms. The van der Waals surface area contributed by atoms with Crippen molar-refractivity contribution in [3.63, 3.8) is 0 Å². The first kappa shape index (κ1) is 28.1. The highest BCUT2D eigenvalue weighted by Gasteiger charge is 2.42. The molecule has 0 bridgehead atoms. The highest BCUT2D eigenvalue weighted by molar-refractivity contribution is 6.34. The van der Waals surface area contributed by atoms with Gasteiger partial charge in [-0.25, -0.2) is 4.98 Å². The van der Waals surface area contributed by atoms with Crippen molar-refractivity contribution in [1.29, 1.82) is 0 Å². The maximum atomic E-state index is 14.0. The van der Waals surface area contributed by atoms with Gasteiger partial charge in [-0.3, -0.25) is 14.4 Å². The Morgan fingerprint density at radius 3 is 2.72 bits per heavy atom. The molecule has 222 valence electrons. The predicted octanol–water partition coefficient (Wildman–Crippen LogP) is 3.08. The molecule has 2 aliphatic carbocycles. The average Bonchev–Trinajstić information content (AvgIpc) is 3.55. The average molecular weight is 579 g/mol. The molecule has 3 aromatic rings. The summed E-state index contributed by atoms with van der Waals surface area (Å²) in [7, 11) is 2.14. The van der Waals surface area contributed by atoms with E-state index in [0.717, 1.165) is 76.6 Å².